The van der Waals surface area contributed by atoms with Crippen molar-refractivity contribution in [1.82, 2.24) is 20.4 Å². The number of amides is 1. The normalized spacial score (nSPS) is 10.3. The maximum Gasteiger partial charge on any atom is 0.269 e. The van der Waals surface area contributed by atoms with Gasteiger partial charge in [0, 0.05) is 29.3 Å². The molecule has 0 atom stereocenters. The molecule has 0 radical (unpaired) electrons. The van der Waals surface area contributed by atoms with Crippen LogP contribution in [0.3, 0.4) is 0 Å². The predicted molar refractivity (Wildman–Crippen MR) is 109 cm³/mol. The van der Waals surface area contributed by atoms with Crippen molar-refractivity contribution in [2.45, 2.75) is 27.4 Å². The number of nitrogens with zero attached hydrogens (tertiary/aromatic N) is 3. The van der Waals surface area contributed by atoms with Crippen LogP contribution in [0.15, 0.2) is 48.8 Å². The summed E-state index contributed by atoms with van der Waals surface area (Å²) >= 11 is 0. The highest BCUT2D eigenvalue weighted by molar-refractivity contribution is 5.95. The largest absolute Gasteiger partial charge is 0.490 e. The zero-order valence-electron chi connectivity index (χ0n) is 16.6. The molecule has 8 nitrogen and oxygen atoms in total. The minimum Gasteiger partial charge on any atom is -0.490 e. The maximum absolute atomic E-state index is 12.5. The lowest BCUT2D eigenvalue weighted by atomic mass is 10.2. The van der Waals surface area contributed by atoms with Crippen LogP contribution in [-0.2, 0) is 6.61 Å². The Morgan fingerprint density at radius 2 is 1.69 bits per heavy atom. The Kier molecular flexibility index (Phi) is 6.57. The molecule has 0 fully saturated rings. The number of aromatic nitrogens is 3. The van der Waals surface area contributed by atoms with E-state index in [1.54, 1.807) is 30.6 Å². The van der Waals surface area contributed by atoms with Crippen molar-refractivity contribution in [3.63, 3.8) is 0 Å². The van der Waals surface area contributed by atoms with Crippen molar-refractivity contribution in [3.05, 3.63) is 71.3 Å². The highest BCUT2D eigenvalue weighted by Crippen LogP contribution is 2.29. The van der Waals surface area contributed by atoms with Crippen LogP contribution in [0.2, 0.25) is 0 Å². The van der Waals surface area contributed by atoms with Gasteiger partial charge < -0.3 is 9.47 Å². The number of pyridine rings is 1. The Morgan fingerprint density at radius 1 is 0.966 bits per heavy atom. The molecule has 2 heterocycles. The molecule has 0 saturated heterocycles. The lowest BCUT2D eigenvalue weighted by Crippen LogP contribution is -2.30. The number of nitrogens with one attached hydrogen (secondary N) is 2. The number of hydrazine groups is 1. The van der Waals surface area contributed by atoms with Crippen LogP contribution in [0, 0.1) is 13.8 Å². The van der Waals surface area contributed by atoms with Gasteiger partial charge in [-0.25, -0.2) is 9.97 Å². The third-order valence-corrected chi connectivity index (χ3v) is 3.92. The molecule has 1 amide bonds. The fraction of sp³-hybridized carbons (Fsp3) is 0.238. The first-order valence-electron chi connectivity index (χ1n) is 9.22. The quantitative estimate of drug-likeness (QED) is 0.567. The van der Waals surface area contributed by atoms with Gasteiger partial charge in [0.25, 0.3) is 5.91 Å². The summed E-state index contributed by atoms with van der Waals surface area (Å²) < 4.78 is 11.5. The van der Waals surface area contributed by atoms with E-state index in [9.17, 15) is 4.79 Å². The summed E-state index contributed by atoms with van der Waals surface area (Å²) in [6.07, 6.45) is 3.42. The number of carbonyl (C=O) groups excluding carboxylic acids is 1. The average molecular weight is 393 g/mol. The minimum absolute atomic E-state index is 0.332. The molecule has 0 unspecified atom stereocenters. The molecule has 29 heavy (non-hydrogen) atoms. The number of aryl methyl sites for hydroxylation is 2. The van der Waals surface area contributed by atoms with Gasteiger partial charge in [-0.2, -0.15) is 0 Å². The van der Waals surface area contributed by atoms with E-state index in [4.69, 9.17) is 9.47 Å². The van der Waals surface area contributed by atoms with E-state index in [1.165, 1.54) is 0 Å². The highest BCUT2D eigenvalue weighted by atomic mass is 16.5. The van der Waals surface area contributed by atoms with E-state index in [-0.39, 0.29) is 5.91 Å². The van der Waals surface area contributed by atoms with Crippen molar-refractivity contribution in [2.75, 3.05) is 12.0 Å². The summed E-state index contributed by atoms with van der Waals surface area (Å²) in [6.45, 7) is 6.42. The van der Waals surface area contributed by atoms with E-state index in [0.717, 1.165) is 17.0 Å². The van der Waals surface area contributed by atoms with E-state index >= 15 is 0 Å². The van der Waals surface area contributed by atoms with Gasteiger partial charge in [0.1, 0.15) is 6.61 Å². The highest BCUT2D eigenvalue weighted by Gasteiger charge is 2.12. The number of rotatable bonds is 8. The molecular formula is C21H23N5O3. The summed E-state index contributed by atoms with van der Waals surface area (Å²) in [6, 6.07) is 10.6. The summed E-state index contributed by atoms with van der Waals surface area (Å²) in [5, 5.41) is 0. The third-order valence-electron chi connectivity index (χ3n) is 3.92. The van der Waals surface area contributed by atoms with Crippen molar-refractivity contribution < 1.29 is 14.3 Å². The van der Waals surface area contributed by atoms with Crippen molar-refractivity contribution in [3.8, 4) is 11.5 Å². The molecular weight excluding hydrogens is 370 g/mol. The first kappa shape index (κ1) is 20.1. The zero-order valence-corrected chi connectivity index (χ0v) is 16.6. The average Bonchev–Trinajstić information content (AvgIpc) is 2.71. The van der Waals surface area contributed by atoms with Gasteiger partial charge in [0.2, 0.25) is 5.95 Å². The Hall–Kier alpha value is -3.68. The zero-order chi connectivity index (χ0) is 20.6. The molecule has 8 heteroatoms. The molecule has 0 aliphatic rings. The Balaban J connectivity index is 1.68. The second kappa shape index (κ2) is 9.50. The van der Waals surface area contributed by atoms with Gasteiger partial charge in [-0.15, -0.1) is 0 Å². The Bertz CT molecular complexity index is 959. The fourth-order valence-corrected chi connectivity index (χ4v) is 2.64. The molecule has 0 spiro atoms. The van der Waals surface area contributed by atoms with E-state index in [0.29, 0.717) is 36.2 Å². The summed E-state index contributed by atoms with van der Waals surface area (Å²) in [4.78, 5) is 24.9. The molecule has 0 aliphatic carbocycles. The SMILES string of the molecule is CCOc1cc(C(=O)NNc2nc(C)cc(C)n2)ccc1OCc1ccncc1. The Morgan fingerprint density at radius 3 is 2.38 bits per heavy atom. The standard InChI is InChI=1S/C21H23N5O3/c1-4-28-19-12-17(5-6-18(19)29-13-16-7-9-22-10-8-16)20(27)25-26-21-23-14(2)11-15(3)24-21/h5-12H,4,13H2,1-3H3,(H,25,27)(H,23,24,26). The van der Waals surface area contributed by atoms with E-state index in [1.807, 2.05) is 39.0 Å². The third kappa shape index (κ3) is 5.65. The molecule has 150 valence electrons. The van der Waals surface area contributed by atoms with Crippen LogP contribution in [0.4, 0.5) is 5.95 Å². The van der Waals surface area contributed by atoms with Gasteiger partial charge in [-0.05, 0) is 62.7 Å². The number of hydrogen-bond donors (Lipinski definition) is 2. The van der Waals surface area contributed by atoms with Gasteiger partial charge in [-0.3, -0.25) is 20.6 Å². The van der Waals surface area contributed by atoms with Gasteiger partial charge >= 0.3 is 0 Å². The smallest absolute Gasteiger partial charge is 0.269 e. The lowest BCUT2D eigenvalue weighted by molar-refractivity contribution is 0.0961. The van der Waals surface area contributed by atoms with Crippen molar-refractivity contribution >= 4 is 11.9 Å². The molecule has 0 bridgehead atoms. The van der Waals surface area contributed by atoms with E-state index < -0.39 is 0 Å². The predicted octanol–water partition coefficient (Wildman–Crippen LogP) is 3.22. The molecule has 3 rings (SSSR count). The van der Waals surface area contributed by atoms with Gasteiger partial charge in [0.05, 0.1) is 6.61 Å². The number of ether oxygens (including phenoxy) is 2. The second-order valence-corrected chi connectivity index (χ2v) is 6.29. The number of anilines is 1. The summed E-state index contributed by atoms with van der Waals surface area (Å²) in [5.74, 6) is 1.05. The molecule has 3 aromatic rings. The van der Waals surface area contributed by atoms with Crippen LogP contribution in [-0.4, -0.2) is 27.5 Å². The topological polar surface area (TPSA) is 98.3 Å². The van der Waals surface area contributed by atoms with Crippen LogP contribution < -0.4 is 20.3 Å². The summed E-state index contributed by atoms with van der Waals surface area (Å²) in [7, 11) is 0. The van der Waals surface area contributed by atoms with Crippen molar-refractivity contribution in [1.29, 1.82) is 0 Å². The van der Waals surface area contributed by atoms with Crippen LogP contribution in [0.5, 0.6) is 11.5 Å². The van der Waals surface area contributed by atoms with Crippen LogP contribution in [0.1, 0.15) is 34.2 Å². The molecule has 1 aromatic carbocycles. The fourth-order valence-electron chi connectivity index (χ4n) is 2.64. The first-order valence-corrected chi connectivity index (χ1v) is 9.22. The summed E-state index contributed by atoms with van der Waals surface area (Å²) in [5.41, 5.74) is 8.36. The second-order valence-electron chi connectivity index (χ2n) is 6.29. The maximum atomic E-state index is 12.5. The molecule has 2 N–H and O–H groups in total. The monoisotopic (exact) mass is 393 g/mol. The van der Waals surface area contributed by atoms with E-state index in [2.05, 4.69) is 25.8 Å². The molecule has 2 aromatic heterocycles. The minimum atomic E-state index is -0.339. The molecule has 0 aliphatic heterocycles. The van der Waals surface area contributed by atoms with Crippen LogP contribution in [0.25, 0.3) is 0 Å². The Labute approximate surface area is 169 Å². The van der Waals surface area contributed by atoms with Gasteiger partial charge in [-0.1, -0.05) is 0 Å². The first-order chi connectivity index (χ1) is 14.0. The number of hydrogen-bond acceptors (Lipinski definition) is 7. The van der Waals surface area contributed by atoms with Crippen molar-refractivity contribution in [2.24, 2.45) is 0 Å². The number of carbonyl (C=O) groups is 1. The van der Waals surface area contributed by atoms with Gasteiger partial charge in [0.15, 0.2) is 11.5 Å². The lowest BCUT2D eigenvalue weighted by Gasteiger charge is -2.14. The molecule has 0 saturated carbocycles. The van der Waals surface area contributed by atoms with Crippen LogP contribution >= 0.6 is 0 Å². The number of benzene rings is 1.